The molecule has 4 nitrogen and oxygen atoms in total. The molecule has 4 heteroatoms. The predicted molar refractivity (Wildman–Crippen MR) is 77.9 cm³/mol. The van der Waals surface area contributed by atoms with E-state index < -0.39 is 0 Å². The van der Waals surface area contributed by atoms with Gasteiger partial charge in [-0.1, -0.05) is 23.8 Å². The Kier molecular flexibility index (Phi) is 4.35. The molecule has 0 aliphatic carbocycles. The molecule has 0 radical (unpaired) electrons. The van der Waals surface area contributed by atoms with Crippen molar-refractivity contribution in [1.29, 1.82) is 0 Å². The molecule has 0 aliphatic heterocycles. The van der Waals surface area contributed by atoms with Gasteiger partial charge in [-0.3, -0.25) is 4.79 Å². The molecule has 0 fully saturated rings. The number of pyridine rings is 1. The Morgan fingerprint density at radius 2 is 2.05 bits per heavy atom. The number of nitrogens with one attached hydrogen (secondary N) is 1. The van der Waals surface area contributed by atoms with E-state index >= 15 is 0 Å². The first kappa shape index (κ1) is 14.1. The quantitative estimate of drug-likeness (QED) is 0.929. The molecule has 1 heterocycles. The molecule has 0 saturated heterocycles. The molecule has 0 bridgehead atoms. The highest BCUT2D eigenvalue weighted by Gasteiger charge is 2.08. The van der Waals surface area contributed by atoms with Crippen molar-refractivity contribution in [2.45, 2.75) is 20.4 Å². The predicted octanol–water partition coefficient (Wildman–Crippen LogP) is 2.64. The largest absolute Gasteiger partial charge is 0.481 e. The van der Waals surface area contributed by atoms with E-state index in [0.29, 0.717) is 18.0 Å². The minimum atomic E-state index is -0.0710. The van der Waals surface area contributed by atoms with Crippen LogP contribution in [-0.2, 0) is 6.54 Å². The molecule has 2 rings (SSSR count). The van der Waals surface area contributed by atoms with Crippen molar-refractivity contribution in [3.05, 3.63) is 58.8 Å². The summed E-state index contributed by atoms with van der Waals surface area (Å²) >= 11 is 0. The van der Waals surface area contributed by atoms with E-state index in [4.69, 9.17) is 4.74 Å². The van der Waals surface area contributed by atoms with E-state index in [-0.39, 0.29) is 5.91 Å². The lowest BCUT2D eigenvalue weighted by Crippen LogP contribution is -2.23. The first-order chi connectivity index (χ1) is 9.60. The summed E-state index contributed by atoms with van der Waals surface area (Å²) in [4.78, 5) is 16.2. The summed E-state index contributed by atoms with van der Waals surface area (Å²) in [7, 11) is 1.57. The van der Waals surface area contributed by atoms with Crippen LogP contribution in [-0.4, -0.2) is 18.0 Å². The molecule has 0 atom stereocenters. The molecule has 2 aromatic rings. The Morgan fingerprint density at radius 3 is 2.65 bits per heavy atom. The van der Waals surface area contributed by atoms with E-state index in [9.17, 15) is 4.79 Å². The zero-order valence-corrected chi connectivity index (χ0v) is 11.9. The van der Waals surface area contributed by atoms with Gasteiger partial charge in [0.25, 0.3) is 5.91 Å². The monoisotopic (exact) mass is 270 g/mol. The van der Waals surface area contributed by atoms with Crippen molar-refractivity contribution in [3.8, 4) is 5.88 Å². The van der Waals surface area contributed by atoms with Crippen LogP contribution in [0.3, 0.4) is 0 Å². The number of hydrogen-bond acceptors (Lipinski definition) is 3. The van der Waals surface area contributed by atoms with E-state index in [1.807, 2.05) is 38.1 Å². The summed E-state index contributed by atoms with van der Waals surface area (Å²) in [6.45, 7) is 4.40. The van der Waals surface area contributed by atoms with Gasteiger partial charge in [0.2, 0.25) is 5.88 Å². The van der Waals surface area contributed by atoms with Crippen LogP contribution in [0.4, 0.5) is 0 Å². The molecule has 1 N–H and O–H groups in total. The smallest absolute Gasteiger partial charge is 0.251 e. The van der Waals surface area contributed by atoms with Gasteiger partial charge in [0, 0.05) is 24.4 Å². The van der Waals surface area contributed by atoms with Gasteiger partial charge >= 0.3 is 0 Å². The first-order valence-electron chi connectivity index (χ1n) is 6.44. The van der Waals surface area contributed by atoms with Crippen molar-refractivity contribution >= 4 is 5.91 Å². The van der Waals surface area contributed by atoms with Crippen molar-refractivity contribution in [3.63, 3.8) is 0 Å². The van der Waals surface area contributed by atoms with E-state index in [0.717, 1.165) is 16.7 Å². The maximum absolute atomic E-state index is 12.1. The third kappa shape index (κ3) is 3.35. The Labute approximate surface area is 118 Å². The summed E-state index contributed by atoms with van der Waals surface area (Å²) < 4.78 is 4.99. The van der Waals surface area contributed by atoms with Gasteiger partial charge in [0.05, 0.1) is 7.11 Å². The molecule has 0 saturated carbocycles. The molecule has 0 aliphatic rings. The summed E-state index contributed by atoms with van der Waals surface area (Å²) in [5.74, 6) is 0.493. The fraction of sp³-hybridized carbons (Fsp3) is 0.250. The average molecular weight is 270 g/mol. The van der Waals surface area contributed by atoms with Crippen molar-refractivity contribution in [1.82, 2.24) is 10.3 Å². The highest BCUT2D eigenvalue weighted by atomic mass is 16.5. The van der Waals surface area contributed by atoms with Crippen LogP contribution in [0.5, 0.6) is 5.88 Å². The lowest BCUT2D eigenvalue weighted by molar-refractivity contribution is 0.0950. The number of aryl methyl sites for hydroxylation is 2. The number of benzene rings is 1. The normalized spacial score (nSPS) is 10.2. The molecule has 1 aromatic heterocycles. The van der Waals surface area contributed by atoms with Gasteiger partial charge in [-0.25, -0.2) is 4.98 Å². The number of rotatable bonds is 4. The lowest BCUT2D eigenvalue weighted by atomic mass is 10.1. The highest BCUT2D eigenvalue weighted by molar-refractivity contribution is 5.95. The number of methoxy groups -OCH3 is 1. The zero-order valence-electron chi connectivity index (χ0n) is 11.9. The molecular formula is C16H18N2O2. The van der Waals surface area contributed by atoms with Crippen molar-refractivity contribution in [2.24, 2.45) is 0 Å². The average Bonchev–Trinajstić information content (AvgIpc) is 2.45. The van der Waals surface area contributed by atoms with E-state index in [1.165, 1.54) is 0 Å². The number of aromatic nitrogens is 1. The van der Waals surface area contributed by atoms with Crippen LogP contribution >= 0.6 is 0 Å². The number of amides is 1. The zero-order chi connectivity index (χ0) is 14.5. The Morgan fingerprint density at radius 1 is 1.25 bits per heavy atom. The molecule has 0 spiro atoms. The van der Waals surface area contributed by atoms with Crippen LogP contribution in [0.1, 0.15) is 27.0 Å². The van der Waals surface area contributed by atoms with Crippen LogP contribution in [0, 0.1) is 13.8 Å². The maximum atomic E-state index is 12.1. The topological polar surface area (TPSA) is 51.2 Å². The van der Waals surface area contributed by atoms with Crippen LogP contribution in [0.2, 0.25) is 0 Å². The summed E-state index contributed by atoms with van der Waals surface area (Å²) in [6.07, 6.45) is 1.70. The second-order valence-corrected chi connectivity index (χ2v) is 4.71. The maximum Gasteiger partial charge on any atom is 0.251 e. The first-order valence-corrected chi connectivity index (χ1v) is 6.44. The van der Waals surface area contributed by atoms with Gasteiger partial charge in [-0.15, -0.1) is 0 Å². The highest BCUT2D eigenvalue weighted by Crippen LogP contribution is 2.11. The number of nitrogens with zero attached hydrogens (tertiary/aromatic N) is 1. The van der Waals surface area contributed by atoms with Gasteiger partial charge in [0.1, 0.15) is 0 Å². The molecule has 0 unspecified atom stereocenters. The molecule has 104 valence electrons. The SMILES string of the molecule is COc1ccc(CNC(=O)c2ccc(C)cc2C)cn1. The number of carbonyl (C=O) groups is 1. The number of carbonyl (C=O) groups excluding carboxylic acids is 1. The third-order valence-electron chi connectivity index (χ3n) is 3.09. The lowest BCUT2D eigenvalue weighted by Gasteiger charge is -2.08. The minimum Gasteiger partial charge on any atom is -0.481 e. The molecule has 20 heavy (non-hydrogen) atoms. The van der Waals surface area contributed by atoms with Crippen LogP contribution in [0.15, 0.2) is 36.5 Å². The number of ether oxygens (including phenoxy) is 1. The second kappa shape index (κ2) is 6.19. The second-order valence-electron chi connectivity index (χ2n) is 4.71. The minimum absolute atomic E-state index is 0.0710. The fourth-order valence-electron chi connectivity index (χ4n) is 1.98. The summed E-state index contributed by atoms with van der Waals surface area (Å²) in [5, 5.41) is 2.89. The van der Waals surface area contributed by atoms with Crippen molar-refractivity contribution in [2.75, 3.05) is 7.11 Å². The number of hydrogen-bond donors (Lipinski definition) is 1. The Balaban J connectivity index is 2.00. The standard InChI is InChI=1S/C16H18N2O2/c1-11-4-6-14(12(2)8-11)16(19)18-10-13-5-7-15(20-3)17-9-13/h4-9H,10H2,1-3H3,(H,18,19). The van der Waals surface area contributed by atoms with Gasteiger partial charge in [0.15, 0.2) is 0 Å². The molecule has 1 amide bonds. The Hall–Kier alpha value is -2.36. The summed E-state index contributed by atoms with van der Waals surface area (Å²) in [5.41, 5.74) is 3.77. The summed E-state index contributed by atoms with van der Waals surface area (Å²) in [6, 6.07) is 9.46. The van der Waals surface area contributed by atoms with E-state index in [2.05, 4.69) is 10.3 Å². The van der Waals surface area contributed by atoms with Gasteiger partial charge in [-0.05, 0) is 31.0 Å². The van der Waals surface area contributed by atoms with Gasteiger partial charge in [-0.2, -0.15) is 0 Å². The van der Waals surface area contributed by atoms with Crippen LogP contribution < -0.4 is 10.1 Å². The van der Waals surface area contributed by atoms with E-state index in [1.54, 1.807) is 19.4 Å². The molecular weight excluding hydrogens is 252 g/mol. The van der Waals surface area contributed by atoms with Crippen molar-refractivity contribution < 1.29 is 9.53 Å². The van der Waals surface area contributed by atoms with Gasteiger partial charge < -0.3 is 10.1 Å². The van der Waals surface area contributed by atoms with Crippen LogP contribution in [0.25, 0.3) is 0 Å². The molecule has 1 aromatic carbocycles. The fourth-order valence-corrected chi connectivity index (χ4v) is 1.98. The Bertz CT molecular complexity index is 606. The third-order valence-corrected chi connectivity index (χ3v) is 3.09.